The van der Waals surface area contributed by atoms with Gasteiger partial charge >= 0.3 is 0 Å². The number of nitrogens with two attached hydrogens (primary N) is 1. The highest BCUT2D eigenvalue weighted by Gasteiger charge is 2.52. The predicted molar refractivity (Wildman–Crippen MR) is 108 cm³/mol. The van der Waals surface area contributed by atoms with Crippen molar-refractivity contribution in [2.45, 2.75) is 31.7 Å². The zero-order valence-electron chi connectivity index (χ0n) is 16.6. The van der Waals surface area contributed by atoms with E-state index in [0.717, 1.165) is 18.0 Å². The van der Waals surface area contributed by atoms with Gasteiger partial charge in [-0.05, 0) is 43.3 Å². The number of anilines is 1. The molecule has 0 amide bonds. The lowest BCUT2D eigenvalue weighted by Gasteiger charge is -2.48. The van der Waals surface area contributed by atoms with Crippen molar-refractivity contribution in [1.82, 2.24) is 9.27 Å². The number of hydrogen-bond donors (Lipinski definition) is 1. The number of ether oxygens (including phenoxy) is 1. The highest BCUT2D eigenvalue weighted by Crippen LogP contribution is 2.52. The number of allylic oxidation sites excluding steroid dienone is 3. The minimum atomic E-state index is -0.755. The number of likely N-dealkylation sites (tertiary alicyclic amines) is 1. The molecule has 0 saturated carbocycles. The van der Waals surface area contributed by atoms with Crippen molar-refractivity contribution in [3.63, 3.8) is 0 Å². The zero-order valence-corrected chi connectivity index (χ0v) is 17.4. The number of carbonyl (C=O) groups excluding carboxylic acids is 2. The smallest absolute Gasteiger partial charge is 0.265 e. The van der Waals surface area contributed by atoms with E-state index in [1.807, 2.05) is 11.0 Å². The minimum Gasteiger partial charge on any atom is -0.450 e. The van der Waals surface area contributed by atoms with Crippen molar-refractivity contribution in [1.29, 1.82) is 0 Å². The Bertz CT molecular complexity index is 1120. The molecule has 0 radical (unpaired) electrons. The Hall–Kier alpha value is -2.59. The molecule has 162 valence electrons. The van der Waals surface area contributed by atoms with Gasteiger partial charge in [0, 0.05) is 31.0 Å². The number of aromatic nitrogens is 1. The van der Waals surface area contributed by atoms with Gasteiger partial charge in [0.2, 0.25) is 11.7 Å². The highest BCUT2D eigenvalue weighted by molar-refractivity contribution is 7.10. The Morgan fingerprint density at radius 2 is 2.13 bits per heavy atom. The maximum absolute atomic E-state index is 15.8. The molecule has 1 saturated heterocycles. The second-order valence-electron chi connectivity index (χ2n) is 8.64. The first kappa shape index (κ1) is 19.1. The molecule has 0 spiro atoms. The van der Waals surface area contributed by atoms with E-state index in [1.165, 1.54) is 0 Å². The summed E-state index contributed by atoms with van der Waals surface area (Å²) in [6.07, 6.45) is 3.44. The van der Waals surface area contributed by atoms with Gasteiger partial charge in [-0.3, -0.25) is 9.59 Å². The molecule has 4 heterocycles. The van der Waals surface area contributed by atoms with Crippen molar-refractivity contribution in [2.75, 3.05) is 24.5 Å². The summed E-state index contributed by atoms with van der Waals surface area (Å²) >= 11 is 0.990. The van der Waals surface area contributed by atoms with E-state index in [-0.39, 0.29) is 36.2 Å². The van der Waals surface area contributed by atoms with E-state index in [1.54, 1.807) is 4.90 Å². The normalized spacial score (nSPS) is 29.6. The summed E-state index contributed by atoms with van der Waals surface area (Å²) in [7, 11) is 0. The van der Waals surface area contributed by atoms with Crippen LogP contribution in [0.2, 0.25) is 0 Å². The highest BCUT2D eigenvalue weighted by atomic mass is 32.1. The minimum absolute atomic E-state index is 0.0277. The summed E-state index contributed by atoms with van der Waals surface area (Å²) in [5.74, 6) is -2.46. The third kappa shape index (κ3) is 2.61. The molecule has 1 fully saturated rings. The van der Waals surface area contributed by atoms with Crippen LogP contribution in [0.4, 0.5) is 13.8 Å². The van der Waals surface area contributed by atoms with Crippen LogP contribution in [-0.2, 0) is 20.7 Å². The van der Waals surface area contributed by atoms with Crippen LogP contribution in [0.1, 0.15) is 24.8 Å². The van der Waals surface area contributed by atoms with Crippen LogP contribution >= 0.6 is 11.5 Å². The summed E-state index contributed by atoms with van der Waals surface area (Å²) in [5, 5.41) is 0.559. The molecule has 2 aliphatic carbocycles. The first-order chi connectivity index (χ1) is 15.0. The molecule has 1 aromatic rings. The van der Waals surface area contributed by atoms with Gasteiger partial charge in [0.25, 0.3) is 5.78 Å². The Morgan fingerprint density at radius 3 is 2.90 bits per heavy atom. The number of nitrogens with zero attached hydrogens (tertiary/aromatic N) is 3. The monoisotopic (exact) mass is 446 g/mol. The second-order valence-corrected chi connectivity index (χ2v) is 9.39. The largest absolute Gasteiger partial charge is 0.450 e. The molecule has 10 heteroatoms. The summed E-state index contributed by atoms with van der Waals surface area (Å²) in [4.78, 5) is 28.4. The standard InChI is InChI=1S/C21H20F2N4O3S/c22-15-13(26-4-3-9(7-24)8-26)6-10-5-11-20(23)25-31-21(11)27-12-1-2-14(28)17(29)18(12)30-19(15)16(10)27/h6,9-10,16H,1-5,7-8,24H2. The molecule has 6 rings (SSSR count). The van der Waals surface area contributed by atoms with Gasteiger partial charge < -0.3 is 20.3 Å². The SMILES string of the molecule is NCC1CCN(C2=CC3Cc4c(F)nsc4N4C5=C(OC(=C2F)C34)C(=O)C(=O)CC5)C1. The van der Waals surface area contributed by atoms with Crippen LogP contribution in [0.5, 0.6) is 0 Å². The summed E-state index contributed by atoms with van der Waals surface area (Å²) < 4.78 is 40.1. The Balaban J connectivity index is 1.52. The van der Waals surface area contributed by atoms with Crippen LogP contribution in [-0.4, -0.2) is 46.5 Å². The number of rotatable bonds is 2. The lowest BCUT2D eigenvalue weighted by Crippen LogP contribution is -2.52. The quantitative estimate of drug-likeness (QED) is 0.697. The number of carbonyl (C=O) groups is 2. The number of Topliss-reactive ketones (excluding diaryl/α,β-unsaturated/α-hetero) is 2. The van der Waals surface area contributed by atoms with Gasteiger partial charge in [-0.15, -0.1) is 0 Å². The van der Waals surface area contributed by atoms with Crippen molar-refractivity contribution in [2.24, 2.45) is 17.6 Å². The lowest BCUT2D eigenvalue weighted by atomic mass is 9.80. The van der Waals surface area contributed by atoms with Gasteiger partial charge in [-0.25, -0.2) is 4.39 Å². The van der Waals surface area contributed by atoms with Gasteiger partial charge in [-0.1, -0.05) is 6.08 Å². The molecule has 3 unspecified atom stereocenters. The van der Waals surface area contributed by atoms with Crippen molar-refractivity contribution < 1.29 is 23.1 Å². The first-order valence-electron chi connectivity index (χ1n) is 10.5. The average molecular weight is 446 g/mol. The van der Waals surface area contributed by atoms with Gasteiger partial charge in [0.15, 0.2) is 17.3 Å². The predicted octanol–water partition coefficient (Wildman–Crippen LogP) is 2.16. The molecular weight excluding hydrogens is 426 g/mol. The Labute approximate surface area is 181 Å². The van der Waals surface area contributed by atoms with Crippen molar-refractivity contribution in [3.8, 4) is 0 Å². The molecule has 5 aliphatic rings. The van der Waals surface area contributed by atoms with Gasteiger partial charge in [0.05, 0.1) is 11.4 Å². The van der Waals surface area contributed by atoms with E-state index in [2.05, 4.69) is 4.37 Å². The molecule has 1 aromatic heterocycles. The zero-order chi connectivity index (χ0) is 21.4. The summed E-state index contributed by atoms with van der Waals surface area (Å²) in [5.41, 5.74) is 7.18. The number of halogens is 2. The van der Waals surface area contributed by atoms with Crippen LogP contribution in [0.3, 0.4) is 0 Å². The molecule has 31 heavy (non-hydrogen) atoms. The van der Waals surface area contributed by atoms with E-state index < -0.39 is 29.4 Å². The van der Waals surface area contributed by atoms with Gasteiger partial charge in [0.1, 0.15) is 11.0 Å². The fourth-order valence-electron chi connectivity index (χ4n) is 5.35. The second kappa shape index (κ2) is 6.70. The van der Waals surface area contributed by atoms with Crippen molar-refractivity contribution >= 4 is 28.1 Å². The van der Waals surface area contributed by atoms with Gasteiger partial charge in [-0.2, -0.15) is 8.76 Å². The van der Waals surface area contributed by atoms with Crippen LogP contribution < -0.4 is 10.6 Å². The fraction of sp³-hybridized carbons (Fsp3) is 0.476. The van der Waals surface area contributed by atoms with E-state index in [4.69, 9.17) is 10.5 Å². The number of fused-ring (bicyclic) bond motifs is 3. The first-order valence-corrected chi connectivity index (χ1v) is 11.2. The summed E-state index contributed by atoms with van der Waals surface area (Å²) in [6.45, 7) is 1.83. The van der Waals surface area contributed by atoms with Crippen molar-refractivity contribution in [3.05, 3.63) is 46.3 Å². The molecule has 2 N–H and O–H groups in total. The topological polar surface area (TPSA) is 88.8 Å². The molecule has 0 aromatic carbocycles. The average Bonchev–Trinajstić information content (AvgIpc) is 3.40. The molecule has 0 bridgehead atoms. The molecular formula is C21H20F2N4O3S. The maximum atomic E-state index is 15.8. The van der Waals surface area contributed by atoms with E-state index in [0.29, 0.717) is 48.0 Å². The van der Waals surface area contributed by atoms with Crippen LogP contribution in [0.25, 0.3) is 0 Å². The van der Waals surface area contributed by atoms with E-state index >= 15 is 4.39 Å². The third-order valence-corrected chi connectivity index (χ3v) is 7.78. The molecule has 7 nitrogen and oxygen atoms in total. The maximum Gasteiger partial charge on any atom is 0.265 e. The molecule has 3 atom stereocenters. The fourth-order valence-corrected chi connectivity index (χ4v) is 6.21. The van der Waals surface area contributed by atoms with E-state index in [9.17, 15) is 14.0 Å². The number of hydrogen-bond acceptors (Lipinski definition) is 8. The summed E-state index contributed by atoms with van der Waals surface area (Å²) in [6, 6.07) is -0.524. The number of ketones is 2. The van der Waals surface area contributed by atoms with Crippen LogP contribution in [0.15, 0.2) is 34.8 Å². The third-order valence-electron chi connectivity index (χ3n) is 6.92. The Kier molecular flexibility index (Phi) is 4.13. The van der Waals surface area contributed by atoms with Crippen LogP contribution in [0, 0.1) is 17.8 Å². The Morgan fingerprint density at radius 1 is 1.29 bits per heavy atom. The molecule has 3 aliphatic heterocycles. The lowest BCUT2D eigenvalue weighted by molar-refractivity contribution is -0.137.